The summed E-state index contributed by atoms with van der Waals surface area (Å²) in [5.74, 6) is 1.72. The van der Waals surface area contributed by atoms with Gasteiger partial charge in [0.25, 0.3) is 0 Å². The molecule has 7 aromatic carbocycles. The molecule has 0 N–H and O–H groups in total. The molecule has 0 radical (unpaired) electrons. The highest BCUT2D eigenvalue weighted by molar-refractivity contribution is 7.25. The van der Waals surface area contributed by atoms with Crippen LogP contribution in [0.1, 0.15) is 0 Å². The summed E-state index contributed by atoms with van der Waals surface area (Å²) >= 11 is 1.84. The third-order valence-corrected chi connectivity index (χ3v) is 11.0. The van der Waals surface area contributed by atoms with E-state index in [4.69, 9.17) is 19.4 Å². The maximum Gasteiger partial charge on any atom is 0.238 e. The normalized spacial score (nSPS) is 11.9. The van der Waals surface area contributed by atoms with Crippen LogP contribution in [0.5, 0.6) is 0 Å². The third kappa shape index (κ3) is 4.37. The Bertz CT molecular complexity index is 3100. The largest absolute Gasteiger partial charge is 0.455 e. The highest BCUT2D eigenvalue weighted by Crippen LogP contribution is 2.40. The molecule has 0 atom stereocenters. The molecular weight excluding hydrogens is 645 g/mol. The van der Waals surface area contributed by atoms with Crippen LogP contribution in [0.2, 0.25) is 0 Å². The van der Waals surface area contributed by atoms with Gasteiger partial charge in [-0.2, -0.15) is 9.97 Å². The minimum absolute atomic E-state index is 0.556. The van der Waals surface area contributed by atoms with Gasteiger partial charge in [0.05, 0.1) is 16.6 Å². The van der Waals surface area contributed by atoms with E-state index >= 15 is 0 Å². The Kier molecular flexibility index (Phi) is 6.05. The predicted octanol–water partition coefficient (Wildman–Crippen LogP) is 12.2. The molecule has 0 aliphatic carbocycles. The highest BCUT2D eigenvalue weighted by atomic mass is 32.1. The second-order valence-electron chi connectivity index (χ2n) is 12.8. The fraction of sp³-hybridized carbons (Fsp3) is 0. The third-order valence-electron chi connectivity index (χ3n) is 9.89. The van der Waals surface area contributed by atoms with Gasteiger partial charge in [0, 0.05) is 47.3 Å². The molecule has 0 aliphatic rings. The van der Waals surface area contributed by atoms with Crippen molar-refractivity contribution in [2.75, 3.05) is 0 Å². The summed E-state index contributed by atoms with van der Waals surface area (Å²) in [7, 11) is 0. The van der Waals surface area contributed by atoms with Gasteiger partial charge in [-0.3, -0.25) is 4.57 Å². The van der Waals surface area contributed by atoms with Gasteiger partial charge < -0.3 is 4.42 Å². The van der Waals surface area contributed by atoms with Gasteiger partial charge in [0.2, 0.25) is 5.95 Å². The molecule has 51 heavy (non-hydrogen) atoms. The Morgan fingerprint density at radius 1 is 0.431 bits per heavy atom. The quantitative estimate of drug-likeness (QED) is 0.187. The lowest BCUT2D eigenvalue weighted by molar-refractivity contribution is 0.669. The van der Waals surface area contributed by atoms with E-state index in [1.165, 1.54) is 25.7 Å². The van der Waals surface area contributed by atoms with E-state index in [2.05, 4.69) is 126 Å². The van der Waals surface area contributed by atoms with E-state index in [0.717, 1.165) is 60.4 Å². The number of thiophene rings is 1. The Balaban J connectivity index is 1.11. The standard InChI is InChI=1S/C45H26N4OS/c1-2-11-27(12-3-1)43-46-44(48-45(47-43)49-37-18-7-4-13-30(37)31-14-5-8-19-38(31)49)35-17-10-16-34-36-25-28(22-24-39(36)50-42(34)35)29-21-23-33-32-15-6-9-20-40(32)51-41(33)26-29/h1-26H. The predicted molar refractivity (Wildman–Crippen MR) is 211 cm³/mol. The maximum absolute atomic E-state index is 6.65. The van der Waals surface area contributed by atoms with E-state index in [9.17, 15) is 0 Å². The lowest BCUT2D eigenvalue weighted by Crippen LogP contribution is -2.06. The van der Waals surface area contributed by atoms with Gasteiger partial charge >= 0.3 is 0 Å². The molecule has 11 rings (SSSR count). The number of rotatable bonds is 4. The Morgan fingerprint density at radius 2 is 1.08 bits per heavy atom. The smallest absolute Gasteiger partial charge is 0.238 e. The number of para-hydroxylation sites is 3. The zero-order valence-electron chi connectivity index (χ0n) is 27.1. The van der Waals surface area contributed by atoms with Gasteiger partial charge in [-0.15, -0.1) is 11.3 Å². The summed E-state index contributed by atoms with van der Waals surface area (Å²) in [6, 6.07) is 55.0. The van der Waals surface area contributed by atoms with Crippen LogP contribution in [0.15, 0.2) is 162 Å². The van der Waals surface area contributed by atoms with Crippen LogP contribution in [-0.4, -0.2) is 19.5 Å². The number of nitrogens with zero attached hydrogens (tertiary/aromatic N) is 4. The molecule has 6 heteroatoms. The average Bonchev–Trinajstić information content (AvgIpc) is 3.87. The number of hydrogen-bond acceptors (Lipinski definition) is 5. The first-order valence-corrected chi connectivity index (χ1v) is 17.8. The minimum atomic E-state index is 0.556. The number of furan rings is 1. The molecule has 4 aromatic heterocycles. The zero-order chi connectivity index (χ0) is 33.5. The van der Waals surface area contributed by atoms with Gasteiger partial charge in [0.15, 0.2) is 11.6 Å². The molecule has 238 valence electrons. The van der Waals surface area contributed by atoms with Crippen molar-refractivity contribution in [3.05, 3.63) is 158 Å². The van der Waals surface area contributed by atoms with E-state index in [-0.39, 0.29) is 0 Å². The summed E-state index contributed by atoms with van der Waals surface area (Å²) in [4.78, 5) is 15.4. The first-order chi connectivity index (χ1) is 25.3. The molecule has 0 unspecified atom stereocenters. The number of fused-ring (bicyclic) bond motifs is 9. The average molecular weight is 671 g/mol. The van der Waals surface area contributed by atoms with Crippen molar-refractivity contribution in [1.82, 2.24) is 19.5 Å². The molecule has 0 spiro atoms. The number of aromatic nitrogens is 4. The Hall–Kier alpha value is -6.63. The Morgan fingerprint density at radius 3 is 1.90 bits per heavy atom. The summed E-state index contributed by atoms with van der Waals surface area (Å²) in [5, 5.41) is 6.98. The monoisotopic (exact) mass is 670 g/mol. The first kappa shape index (κ1) is 28.2. The van der Waals surface area contributed by atoms with E-state index in [1.54, 1.807) is 0 Å². The second-order valence-corrected chi connectivity index (χ2v) is 13.9. The topological polar surface area (TPSA) is 56.7 Å². The van der Waals surface area contributed by atoms with Crippen LogP contribution >= 0.6 is 11.3 Å². The lowest BCUT2D eigenvalue weighted by Gasteiger charge is -2.11. The van der Waals surface area contributed by atoms with E-state index in [1.807, 2.05) is 47.7 Å². The van der Waals surface area contributed by atoms with Crippen molar-refractivity contribution >= 4 is 75.3 Å². The van der Waals surface area contributed by atoms with Crippen LogP contribution < -0.4 is 0 Å². The maximum atomic E-state index is 6.65. The molecule has 0 saturated heterocycles. The zero-order valence-corrected chi connectivity index (χ0v) is 27.9. The Labute approximate surface area is 295 Å². The number of benzene rings is 7. The van der Waals surface area contributed by atoms with Crippen molar-refractivity contribution in [3.8, 4) is 39.9 Å². The van der Waals surface area contributed by atoms with E-state index in [0.29, 0.717) is 17.6 Å². The molecule has 0 aliphatic heterocycles. The van der Waals surface area contributed by atoms with Crippen LogP contribution in [0.3, 0.4) is 0 Å². The lowest BCUT2D eigenvalue weighted by atomic mass is 10.0. The first-order valence-electron chi connectivity index (χ1n) is 16.9. The van der Waals surface area contributed by atoms with Crippen molar-refractivity contribution in [2.24, 2.45) is 0 Å². The fourth-order valence-corrected chi connectivity index (χ4v) is 8.64. The van der Waals surface area contributed by atoms with Crippen LogP contribution in [0.4, 0.5) is 0 Å². The SMILES string of the molecule is c1ccc(-c2nc(-c3cccc4c3oc3ccc(-c5ccc6c(c5)sc5ccccc56)cc34)nc(-n3c4ccccc4c4ccccc43)n2)cc1. The van der Waals surface area contributed by atoms with Crippen molar-refractivity contribution in [3.63, 3.8) is 0 Å². The van der Waals surface area contributed by atoms with Crippen molar-refractivity contribution in [2.45, 2.75) is 0 Å². The van der Waals surface area contributed by atoms with Crippen LogP contribution in [-0.2, 0) is 0 Å². The molecule has 4 heterocycles. The van der Waals surface area contributed by atoms with Crippen molar-refractivity contribution < 1.29 is 4.42 Å². The van der Waals surface area contributed by atoms with E-state index < -0.39 is 0 Å². The molecule has 0 amide bonds. The molecular formula is C45H26N4OS. The molecule has 0 fully saturated rings. The van der Waals surface area contributed by atoms with Crippen molar-refractivity contribution in [1.29, 1.82) is 0 Å². The number of hydrogen-bond donors (Lipinski definition) is 0. The van der Waals surface area contributed by atoms with Gasteiger partial charge in [-0.05, 0) is 53.6 Å². The summed E-state index contributed by atoms with van der Waals surface area (Å²) in [5.41, 5.74) is 7.72. The van der Waals surface area contributed by atoms with Crippen LogP contribution in [0, 0.1) is 0 Å². The molecule has 0 saturated carbocycles. The molecule has 11 aromatic rings. The van der Waals surface area contributed by atoms with Crippen LogP contribution in [0.25, 0.3) is 104 Å². The summed E-state index contributed by atoms with van der Waals surface area (Å²) in [6.45, 7) is 0. The summed E-state index contributed by atoms with van der Waals surface area (Å²) < 4.78 is 11.4. The fourth-order valence-electron chi connectivity index (χ4n) is 7.50. The molecule has 5 nitrogen and oxygen atoms in total. The van der Waals surface area contributed by atoms with Gasteiger partial charge in [-0.25, -0.2) is 4.98 Å². The summed E-state index contributed by atoms with van der Waals surface area (Å²) in [6.07, 6.45) is 0. The minimum Gasteiger partial charge on any atom is -0.455 e. The van der Waals surface area contributed by atoms with Gasteiger partial charge in [-0.1, -0.05) is 115 Å². The highest BCUT2D eigenvalue weighted by Gasteiger charge is 2.20. The van der Waals surface area contributed by atoms with Gasteiger partial charge in [0.1, 0.15) is 11.2 Å². The molecule has 0 bridgehead atoms. The second kappa shape index (κ2) is 10.9.